The number of nitrogens with zero attached hydrogens (tertiary/aromatic N) is 1. The van der Waals surface area contributed by atoms with E-state index in [2.05, 4.69) is 5.32 Å². The molecule has 8 heteroatoms. The summed E-state index contributed by atoms with van der Waals surface area (Å²) >= 11 is 7.34. The Kier molecular flexibility index (Phi) is 6.89. The highest BCUT2D eigenvalue weighted by atomic mass is 35.5. The van der Waals surface area contributed by atoms with Gasteiger partial charge in [0.1, 0.15) is 0 Å². The van der Waals surface area contributed by atoms with Gasteiger partial charge in [0, 0.05) is 23.5 Å². The molecule has 0 radical (unpaired) electrons. The molecule has 5 nitrogen and oxygen atoms in total. The van der Waals surface area contributed by atoms with Gasteiger partial charge in [-0.3, -0.25) is 4.79 Å². The number of benzene rings is 2. The zero-order chi connectivity index (χ0) is 18.4. The van der Waals surface area contributed by atoms with Gasteiger partial charge in [-0.2, -0.15) is 4.31 Å². The summed E-state index contributed by atoms with van der Waals surface area (Å²) in [6.07, 6.45) is 1.92. The first-order valence-electron chi connectivity index (χ1n) is 7.44. The van der Waals surface area contributed by atoms with Gasteiger partial charge in [0.15, 0.2) is 0 Å². The van der Waals surface area contributed by atoms with E-state index < -0.39 is 10.0 Å². The fraction of sp³-hybridized carbons (Fsp3) is 0.235. The van der Waals surface area contributed by atoms with Gasteiger partial charge in [-0.15, -0.1) is 11.8 Å². The minimum atomic E-state index is -3.70. The van der Waals surface area contributed by atoms with Crippen molar-refractivity contribution in [2.45, 2.75) is 16.3 Å². The zero-order valence-corrected chi connectivity index (χ0v) is 16.3. The molecule has 0 saturated heterocycles. The van der Waals surface area contributed by atoms with Crippen molar-refractivity contribution in [2.75, 3.05) is 19.8 Å². The van der Waals surface area contributed by atoms with Gasteiger partial charge in [0.25, 0.3) is 0 Å². The Balaban J connectivity index is 1.95. The number of sulfonamides is 1. The summed E-state index contributed by atoms with van der Waals surface area (Å²) in [7, 11) is -2.31. The number of nitrogens with one attached hydrogen (secondary N) is 1. The minimum absolute atomic E-state index is 0.165. The Morgan fingerprint density at radius 1 is 1.12 bits per heavy atom. The molecule has 0 bridgehead atoms. The van der Waals surface area contributed by atoms with E-state index >= 15 is 0 Å². The number of thioether (sulfide) groups is 1. The van der Waals surface area contributed by atoms with Crippen molar-refractivity contribution in [1.29, 1.82) is 0 Å². The van der Waals surface area contributed by atoms with E-state index in [9.17, 15) is 13.2 Å². The van der Waals surface area contributed by atoms with E-state index in [1.165, 1.54) is 18.8 Å². The zero-order valence-electron chi connectivity index (χ0n) is 13.9. The van der Waals surface area contributed by atoms with Crippen LogP contribution < -0.4 is 5.32 Å². The number of carbonyl (C=O) groups excluding carboxylic acids is 1. The molecule has 25 heavy (non-hydrogen) atoms. The first kappa shape index (κ1) is 19.8. The van der Waals surface area contributed by atoms with E-state index in [0.29, 0.717) is 11.6 Å². The van der Waals surface area contributed by atoms with Gasteiger partial charge in [-0.1, -0.05) is 23.7 Å². The molecule has 2 rings (SSSR count). The number of amides is 1. The minimum Gasteiger partial charge on any atom is -0.351 e. The summed E-state index contributed by atoms with van der Waals surface area (Å²) in [5.41, 5.74) is 0.885. The quantitative estimate of drug-likeness (QED) is 0.728. The van der Waals surface area contributed by atoms with Crippen molar-refractivity contribution >= 4 is 39.3 Å². The van der Waals surface area contributed by atoms with Crippen LogP contribution in [0.1, 0.15) is 5.56 Å². The number of carbonyl (C=O) groups is 1. The highest BCUT2D eigenvalue weighted by molar-refractivity contribution is 7.98. The average Bonchev–Trinajstić information content (AvgIpc) is 2.61. The van der Waals surface area contributed by atoms with Gasteiger partial charge in [0.05, 0.1) is 11.4 Å². The number of hydrogen-bond acceptors (Lipinski definition) is 4. The molecule has 0 heterocycles. The third-order valence-corrected chi connectivity index (χ3v) is 6.35. The maximum atomic E-state index is 12.5. The van der Waals surface area contributed by atoms with Crippen LogP contribution in [0.5, 0.6) is 0 Å². The maximum absolute atomic E-state index is 12.5. The van der Waals surface area contributed by atoms with Crippen LogP contribution >= 0.6 is 23.4 Å². The third-order valence-electron chi connectivity index (χ3n) is 3.54. The van der Waals surface area contributed by atoms with E-state index in [1.54, 1.807) is 48.5 Å². The second-order valence-corrected chi connectivity index (χ2v) is 8.70. The Bertz CT molecular complexity index is 822. The number of rotatable bonds is 7. The second-order valence-electron chi connectivity index (χ2n) is 5.34. The van der Waals surface area contributed by atoms with Gasteiger partial charge in [-0.05, 0) is 48.2 Å². The fourth-order valence-electron chi connectivity index (χ4n) is 2.07. The van der Waals surface area contributed by atoms with Gasteiger partial charge < -0.3 is 5.32 Å². The van der Waals surface area contributed by atoms with E-state index in [-0.39, 0.29) is 17.3 Å². The summed E-state index contributed by atoms with van der Waals surface area (Å²) < 4.78 is 26.0. The normalized spacial score (nSPS) is 11.5. The first-order valence-corrected chi connectivity index (χ1v) is 10.5. The maximum Gasteiger partial charge on any atom is 0.243 e. The number of likely N-dealkylation sites (N-methyl/N-ethyl adjacent to an activating group) is 1. The Labute approximate surface area is 157 Å². The van der Waals surface area contributed by atoms with Crippen molar-refractivity contribution in [1.82, 2.24) is 9.62 Å². The van der Waals surface area contributed by atoms with Crippen LogP contribution in [-0.2, 0) is 21.4 Å². The fourth-order valence-corrected chi connectivity index (χ4v) is 3.74. The van der Waals surface area contributed by atoms with Crippen molar-refractivity contribution < 1.29 is 13.2 Å². The van der Waals surface area contributed by atoms with Crippen LogP contribution in [-0.4, -0.2) is 38.5 Å². The Morgan fingerprint density at radius 3 is 2.28 bits per heavy atom. The molecular weight excluding hydrogens is 380 g/mol. The lowest BCUT2D eigenvalue weighted by atomic mass is 10.2. The summed E-state index contributed by atoms with van der Waals surface area (Å²) in [4.78, 5) is 13.2. The van der Waals surface area contributed by atoms with Crippen LogP contribution in [0.15, 0.2) is 58.3 Å². The second kappa shape index (κ2) is 8.71. The predicted octanol–water partition coefficient (Wildman–Crippen LogP) is 3.00. The molecule has 2 aromatic rings. The third kappa shape index (κ3) is 5.47. The largest absolute Gasteiger partial charge is 0.351 e. The highest BCUT2D eigenvalue weighted by Crippen LogP contribution is 2.19. The molecule has 0 aliphatic rings. The van der Waals surface area contributed by atoms with Crippen LogP contribution in [0.25, 0.3) is 0 Å². The van der Waals surface area contributed by atoms with Gasteiger partial charge >= 0.3 is 0 Å². The van der Waals surface area contributed by atoms with Crippen LogP contribution in [0, 0.1) is 0 Å². The van der Waals surface area contributed by atoms with E-state index in [4.69, 9.17) is 11.6 Å². The molecule has 134 valence electrons. The molecule has 0 saturated carbocycles. The van der Waals surface area contributed by atoms with Crippen molar-refractivity contribution in [3.8, 4) is 0 Å². The molecule has 0 aliphatic heterocycles. The lowest BCUT2D eigenvalue weighted by Gasteiger charge is -2.17. The summed E-state index contributed by atoms with van der Waals surface area (Å²) in [6.45, 7) is 0.0620. The lowest BCUT2D eigenvalue weighted by Crippen LogP contribution is -2.38. The van der Waals surface area contributed by atoms with Crippen LogP contribution in [0.3, 0.4) is 0 Å². The average molecular weight is 399 g/mol. The molecule has 1 N–H and O–H groups in total. The van der Waals surface area contributed by atoms with E-state index in [0.717, 1.165) is 14.8 Å². The predicted molar refractivity (Wildman–Crippen MR) is 101 cm³/mol. The van der Waals surface area contributed by atoms with Crippen molar-refractivity contribution in [3.05, 3.63) is 59.1 Å². The van der Waals surface area contributed by atoms with Crippen molar-refractivity contribution in [3.63, 3.8) is 0 Å². The smallest absolute Gasteiger partial charge is 0.243 e. The lowest BCUT2D eigenvalue weighted by molar-refractivity contribution is -0.121. The molecule has 0 fully saturated rings. The number of halogens is 1. The Hall–Kier alpha value is -1.54. The molecule has 0 spiro atoms. The molecule has 0 aromatic heterocycles. The monoisotopic (exact) mass is 398 g/mol. The summed E-state index contributed by atoms with van der Waals surface area (Å²) in [5, 5.41) is 3.32. The SMILES string of the molecule is CSc1ccc(S(=O)(=O)N(C)CC(=O)NCc2ccc(Cl)cc2)cc1. The van der Waals surface area contributed by atoms with Crippen LogP contribution in [0.2, 0.25) is 5.02 Å². The molecular formula is C17H19ClN2O3S2. The molecule has 1 amide bonds. The van der Waals surface area contributed by atoms with Crippen LogP contribution in [0.4, 0.5) is 0 Å². The molecule has 2 aromatic carbocycles. The molecule has 0 unspecified atom stereocenters. The Morgan fingerprint density at radius 2 is 1.72 bits per heavy atom. The van der Waals surface area contributed by atoms with Gasteiger partial charge in [0.2, 0.25) is 15.9 Å². The molecule has 0 atom stereocenters. The summed E-state index contributed by atoms with van der Waals surface area (Å²) in [6, 6.07) is 13.6. The first-order chi connectivity index (χ1) is 11.8. The summed E-state index contributed by atoms with van der Waals surface area (Å²) in [5.74, 6) is -0.373. The molecule has 0 aliphatic carbocycles. The highest BCUT2D eigenvalue weighted by Gasteiger charge is 2.22. The van der Waals surface area contributed by atoms with E-state index in [1.807, 2.05) is 6.26 Å². The number of hydrogen-bond donors (Lipinski definition) is 1. The standard InChI is InChI=1S/C17H19ClN2O3S2/c1-20(25(22,23)16-9-7-15(24-2)8-10-16)12-17(21)19-11-13-3-5-14(18)6-4-13/h3-10H,11-12H2,1-2H3,(H,19,21). The van der Waals surface area contributed by atoms with Crippen molar-refractivity contribution in [2.24, 2.45) is 0 Å². The van der Waals surface area contributed by atoms with Gasteiger partial charge in [-0.25, -0.2) is 8.42 Å². The topological polar surface area (TPSA) is 66.5 Å².